The van der Waals surface area contributed by atoms with Crippen molar-refractivity contribution in [3.05, 3.63) is 11.1 Å². The van der Waals surface area contributed by atoms with E-state index in [9.17, 15) is 4.79 Å². The largest absolute Gasteiger partial charge is 0.411 e. The Bertz CT molecular complexity index is 410. The number of rotatable bonds is 5. The molecule has 1 aromatic heterocycles. The maximum absolute atomic E-state index is 10.6. The first-order valence-electron chi connectivity index (χ1n) is 5.84. The van der Waals surface area contributed by atoms with Crippen LogP contribution < -0.4 is 10.5 Å². The van der Waals surface area contributed by atoms with Gasteiger partial charge in [-0.1, -0.05) is 11.3 Å². The highest BCUT2D eigenvalue weighted by Gasteiger charge is 2.24. The van der Waals surface area contributed by atoms with Gasteiger partial charge in [0, 0.05) is 30.8 Å². The zero-order valence-electron chi connectivity index (χ0n) is 10.3. The van der Waals surface area contributed by atoms with Crippen molar-refractivity contribution in [1.29, 1.82) is 0 Å². The number of carbonyl (C=O) groups excluding carboxylic acids is 1. The third kappa shape index (κ3) is 3.41. The van der Waals surface area contributed by atoms with Crippen LogP contribution in [0, 0.1) is 0 Å². The molecule has 2 heterocycles. The van der Waals surface area contributed by atoms with Crippen molar-refractivity contribution >= 4 is 17.4 Å². The second-order valence-corrected chi connectivity index (χ2v) is 5.31. The zero-order chi connectivity index (χ0) is 13.0. The van der Waals surface area contributed by atoms with E-state index in [1.165, 1.54) is 17.8 Å². The Labute approximate surface area is 110 Å². The Hall–Kier alpha value is -1.18. The number of primary amides is 1. The molecule has 7 heteroatoms. The van der Waals surface area contributed by atoms with Crippen LogP contribution in [0.25, 0.3) is 0 Å². The van der Waals surface area contributed by atoms with E-state index in [0.29, 0.717) is 11.2 Å². The van der Waals surface area contributed by atoms with Gasteiger partial charge in [0.05, 0.1) is 6.61 Å². The van der Waals surface area contributed by atoms with E-state index in [1.54, 1.807) is 13.3 Å². The molecule has 1 aromatic rings. The van der Waals surface area contributed by atoms with Crippen LogP contribution >= 0.6 is 11.3 Å². The SMILES string of the molecule is COCC1CCCN1Cc1cnc(OC(N)=O)s1. The predicted molar refractivity (Wildman–Crippen MR) is 67.6 cm³/mol. The molecular formula is C11H17N3O3S. The number of carbonyl (C=O) groups is 1. The number of hydrogen-bond donors (Lipinski definition) is 1. The highest BCUT2D eigenvalue weighted by atomic mass is 32.1. The molecule has 0 aromatic carbocycles. The topological polar surface area (TPSA) is 77.7 Å². The molecule has 0 aliphatic carbocycles. The first-order chi connectivity index (χ1) is 8.69. The molecule has 1 amide bonds. The summed E-state index contributed by atoms with van der Waals surface area (Å²) in [4.78, 5) is 18.0. The van der Waals surface area contributed by atoms with E-state index in [1.807, 2.05) is 0 Å². The summed E-state index contributed by atoms with van der Waals surface area (Å²) in [5.41, 5.74) is 4.94. The summed E-state index contributed by atoms with van der Waals surface area (Å²) in [7, 11) is 1.72. The van der Waals surface area contributed by atoms with Crippen molar-refractivity contribution in [2.24, 2.45) is 5.73 Å². The Morgan fingerprint density at radius 2 is 2.56 bits per heavy atom. The van der Waals surface area contributed by atoms with Crippen molar-refractivity contribution in [2.75, 3.05) is 20.3 Å². The summed E-state index contributed by atoms with van der Waals surface area (Å²) in [6.07, 6.45) is 3.26. The first-order valence-corrected chi connectivity index (χ1v) is 6.65. The second-order valence-electron chi connectivity index (χ2n) is 4.24. The average molecular weight is 271 g/mol. The smallest absolute Gasteiger partial charge is 0.383 e. The highest BCUT2D eigenvalue weighted by Crippen LogP contribution is 2.25. The first kappa shape index (κ1) is 13.3. The molecule has 1 atom stereocenters. The van der Waals surface area contributed by atoms with Crippen molar-refractivity contribution < 1.29 is 14.3 Å². The van der Waals surface area contributed by atoms with Gasteiger partial charge < -0.3 is 15.2 Å². The number of nitrogens with two attached hydrogens (primary N) is 1. The van der Waals surface area contributed by atoms with E-state index in [2.05, 4.69) is 9.88 Å². The van der Waals surface area contributed by atoms with Crippen molar-refractivity contribution in [3.8, 4) is 5.19 Å². The van der Waals surface area contributed by atoms with Gasteiger partial charge in [-0.3, -0.25) is 4.90 Å². The third-order valence-corrected chi connectivity index (χ3v) is 3.80. The maximum Gasteiger partial charge on any atom is 0.411 e. The van der Waals surface area contributed by atoms with Gasteiger partial charge in [-0.05, 0) is 19.4 Å². The molecule has 1 fully saturated rings. The fraction of sp³-hybridized carbons (Fsp3) is 0.636. The van der Waals surface area contributed by atoms with Crippen LogP contribution in [-0.2, 0) is 11.3 Å². The summed E-state index contributed by atoms with van der Waals surface area (Å²) >= 11 is 1.35. The van der Waals surface area contributed by atoms with Crippen LogP contribution in [0.4, 0.5) is 4.79 Å². The summed E-state index contributed by atoms with van der Waals surface area (Å²) in [6, 6.07) is 0.470. The van der Waals surface area contributed by atoms with Crippen LogP contribution in [-0.4, -0.2) is 42.3 Å². The predicted octanol–water partition coefficient (Wildman–Crippen LogP) is 1.21. The summed E-state index contributed by atoms with van der Waals surface area (Å²) in [5.74, 6) is 0. The number of ether oxygens (including phenoxy) is 2. The average Bonchev–Trinajstić information content (AvgIpc) is 2.90. The Kier molecular flexibility index (Phi) is 4.51. The Morgan fingerprint density at radius 3 is 3.28 bits per heavy atom. The van der Waals surface area contributed by atoms with Crippen LogP contribution in [0.3, 0.4) is 0 Å². The number of methoxy groups -OCH3 is 1. The van der Waals surface area contributed by atoms with E-state index in [0.717, 1.165) is 31.0 Å². The molecule has 1 unspecified atom stereocenters. The standard InChI is InChI=1S/C11H17N3O3S/c1-16-7-8-3-2-4-14(8)6-9-5-13-11(18-9)17-10(12)15/h5,8H,2-4,6-7H2,1H3,(H2,12,15). The monoisotopic (exact) mass is 271 g/mol. The van der Waals surface area contributed by atoms with E-state index in [-0.39, 0.29) is 0 Å². The molecule has 6 nitrogen and oxygen atoms in total. The number of likely N-dealkylation sites (tertiary alicyclic amines) is 1. The van der Waals surface area contributed by atoms with Crippen LogP contribution in [0.5, 0.6) is 5.19 Å². The molecule has 0 saturated carbocycles. The minimum atomic E-state index is -0.825. The zero-order valence-corrected chi connectivity index (χ0v) is 11.1. The van der Waals surface area contributed by atoms with E-state index < -0.39 is 6.09 Å². The van der Waals surface area contributed by atoms with Crippen molar-refractivity contribution in [3.63, 3.8) is 0 Å². The minimum Gasteiger partial charge on any atom is -0.383 e. The lowest BCUT2D eigenvalue weighted by Crippen LogP contribution is -2.32. The molecule has 2 N–H and O–H groups in total. The Morgan fingerprint density at radius 1 is 1.72 bits per heavy atom. The van der Waals surface area contributed by atoms with Crippen LogP contribution in [0.1, 0.15) is 17.7 Å². The quantitative estimate of drug-likeness (QED) is 0.871. The van der Waals surface area contributed by atoms with E-state index in [4.69, 9.17) is 15.2 Å². The maximum atomic E-state index is 10.6. The number of hydrogen-bond acceptors (Lipinski definition) is 6. The number of aromatic nitrogens is 1. The van der Waals surface area contributed by atoms with Crippen molar-refractivity contribution in [1.82, 2.24) is 9.88 Å². The van der Waals surface area contributed by atoms with Crippen LogP contribution in [0.2, 0.25) is 0 Å². The molecule has 1 saturated heterocycles. The highest BCUT2D eigenvalue weighted by molar-refractivity contribution is 7.13. The molecule has 0 spiro atoms. The van der Waals surface area contributed by atoms with Gasteiger partial charge in [-0.15, -0.1) is 0 Å². The lowest BCUT2D eigenvalue weighted by molar-refractivity contribution is 0.112. The second kappa shape index (κ2) is 6.12. The molecule has 0 radical (unpaired) electrons. The summed E-state index contributed by atoms with van der Waals surface area (Å²) in [6.45, 7) is 2.63. The molecule has 2 rings (SSSR count). The molecular weight excluding hydrogens is 254 g/mol. The normalized spacial score (nSPS) is 20.2. The fourth-order valence-electron chi connectivity index (χ4n) is 2.18. The van der Waals surface area contributed by atoms with E-state index >= 15 is 0 Å². The van der Waals surface area contributed by atoms with Gasteiger partial charge >= 0.3 is 6.09 Å². The minimum absolute atomic E-state index is 0.306. The van der Waals surface area contributed by atoms with Gasteiger partial charge in [0.25, 0.3) is 5.19 Å². The molecule has 1 aliphatic heterocycles. The van der Waals surface area contributed by atoms with Crippen molar-refractivity contribution in [2.45, 2.75) is 25.4 Å². The number of thiazole rings is 1. The van der Waals surface area contributed by atoms with Gasteiger partial charge in [-0.25, -0.2) is 9.78 Å². The van der Waals surface area contributed by atoms with Gasteiger partial charge in [0.1, 0.15) is 0 Å². The lowest BCUT2D eigenvalue weighted by Gasteiger charge is -2.22. The Balaban J connectivity index is 1.92. The number of nitrogens with zero attached hydrogens (tertiary/aromatic N) is 2. The molecule has 0 bridgehead atoms. The lowest BCUT2D eigenvalue weighted by atomic mass is 10.2. The summed E-state index contributed by atoms with van der Waals surface area (Å²) in [5, 5.41) is 0.306. The fourth-order valence-corrected chi connectivity index (χ4v) is 2.97. The molecule has 100 valence electrons. The third-order valence-electron chi connectivity index (χ3n) is 2.94. The number of amides is 1. The van der Waals surface area contributed by atoms with Gasteiger partial charge in [-0.2, -0.15) is 0 Å². The van der Waals surface area contributed by atoms with Crippen LogP contribution in [0.15, 0.2) is 6.20 Å². The molecule has 18 heavy (non-hydrogen) atoms. The van der Waals surface area contributed by atoms with Gasteiger partial charge in [0.2, 0.25) is 0 Å². The van der Waals surface area contributed by atoms with Gasteiger partial charge in [0.15, 0.2) is 0 Å². The summed E-state index contributed by atoms with van der Waals surface area (Å²) < 4.78 is 9.95. The molecule has 1 aliphatic rings.